The van der Waals surface area contributed by atoms with Crippen LogP contribution in [0.4, 0.5) is 0 Å². The van der Waals surface area contributed by atoms with E-state index < -0.39 is 0 Å². The number of morpholine rings is 1. The first-order valence-electron chi connectivity index (χ1n) is 8.09. The molecule has 19 heavy (non-hydrogen) atoms. The van der Waals surface area contributed by atoms with Gasteiger partial charge in [0.25, 0.3) is 0 Å². The Labute approximate surface area is 119 Å². The minimum atomic E-state index is 0.481. The molecule has 0 spiro atoms. The van der Waals surface area contributed by atoms with Crippen molar-refractivity contribution < 1.29 is 4.74 Å². The highest BCUT2D eigenvalue weighted by molar-refractivity contribution is 4.80. The number of ether oxygens (including phenoxy) is 1. The lowest BCUT2D eigenvalue weighted by atomic mass is 9.77. The van der Waals surface area contributed by atoms with Gasteiger partial charge in [-0.1, -0.05) is 20.8 Å². The largest absolute Gasteiger partial charge is 0.379 e. The van der Waals surface area contributed by atoms with Crippen LogP contribution in [0.25, 0.3) is 0 Å². The van der Waals surface area contributed by atoms with Gasteiger partial charge in [0, 0.05) is 12.6 Å². The molecule has 0 aromatic heterocycles. The first kappa shape index (κ1) is 15.3. The molecule has 0 saturated carbocycles. The number of nitrogens with one attached hydrogen (secondary N) is 1. The quantitative estimate of drug-likeness (QED) is 0.851. The summed E-state index contributed by atoms with van der Waals surface area (Å²) in [5.41, 5.74) is 0.481. The molecule has 2 fully saturated rings. The van der Waals surface area contributed by atoms with Crippen LogP contribution in [0.5, 0.6) is 0 Å². The smallest absolute Gasteiger partial charge is 0.0620 e. The second-order valence-electron chi connectivity index (χ2n) is 7.35. The standard InChI is InChI=1S/C16H32N2O/c1-16(2,3)14-5-4-9-18(10-6-14)11-7-15-13-19-12-8-17-15/h14-15,17H,4-13H2,1-3H3. The summed E-state index contributed by atoms with van der Waals surface area (Å²) in [7, 11) is 0. The topological polar surface area (TPSA) is 24.5 Å². The first-order valence-corrected chi connectivity index (χ1v) is 8.09. The maximum Gasteiger partial charge on any atom is 0.0620 e. The zero-order valence-corrected chi connectivity index (χ0v) is 13.1. The third kappa shape index (κ3) is 5.05. The van der Waals surface area contributed by atoms with E-state index in [1.807, 2.05) is 0 Å². The maximum absolute atomic E-state index is 5.53. The molecule has 3 heteroatoms. The average Bonchev–Trinajstić information content (AvgIpc) is 2.62. The molecule has 2 atom stereocenters. The molecular formula is C16H32N2O. The molecule has 2 heterocycles. The van der Waals surface area contributed by atoms with E-state index in [9.17, 15) is 0 Å². The van der Waals surface area contributed by atoms with Gasteiger partial charge in [-0.2, -0.15) is 0 Å². The number of hydrogen-bond donors (Lipinski definition) is 1. The summed E-state index contributed by atoms with van der Waals surface area (Å²) in [6.45, 7) is 13.8. The molecule has 2 aliphatic rings. The van der Waals surface area contributed by atoms with Crippen molar-refractivity contribution in [1.82, 2.24) is 10.2 Å². The molecule has 0 radical (unpaired) electrons. The fourth-order valence-corrected chi connectivity index (χ4v) is 3.39. The van der Waals surface area contributed by atoms with Crippen LogP contribution in [0.15, 0.2) is 0 Å². The van der Waals surface area contributed by atoms with Crippen LogP contribution in [0.1, 0.15) is 46.5 Å². The van der Waals surface area contributed by atoms with Crippen LogP contribution in [0, 0.1) is 11.3 Å². The van der Waals surface area contributed by atoms with Gasteiger partial charge in [-0.3, -0.25) is 0 Å². The molecule has 2 aliphatic heterocycles. The van der Waals surface area contributed by atoms with E-state index in [2.05, 4.69) is 31.0 Å². The van der Waals surface area contributed by atoms with Crippen molar-refractivity contribution in [2.45, 2.75) is 52.5 Å². The zero-order chi connectivity index (χ0) is 13.7. The van der Waals surface area contributed by atoms with Crippen molar-refractivity contribution in [3.05, 3.63) is 0 Å². The minimum Gasteiger partial charge on any atom is -0.379 e. The van der Waals surface area contributed by atoms with Gasteiger partial charge in [-0.15, -0.1) is 0 Å². The molecule has 0 bridgehead atoms. The second-order valence-corrected chi connectivity index (χ2v) is 7.35. The molecule has 2 unspecified atom stereocenters. The summed E-state index contributed by atoms with van der Waals surface area (Å²) < 4.78 is 5.53. The molecule has 0 aliphatic carbocycles. The highest BCUT2D eigenvalue weighted by Crippen LogP contribution is 2.34. The molecule has 112 valence electrons. The Kier molecular flexibility index (Phi) is 5.67. The van der Waals surface area contributed by atoms with Gasteiger partial charge >= 0.3 is 0 Å². The van der Waals surface area contributed by atoms with Crippen molar-refractivity contribution in [3.8, 4) is 0 Å². The SMILES string of the molecule is CC(C)(C)C1CCCN(CCC2COCCN2)CC1. The van der Waals surface area contributed by atoms with Crippen LogP contribution in [0.2, 0.25) is 0 Å². The Bertz CT molecular complexity index is 256. The lowest BCUT2D eigenvalue weighted by molar-refractivity contribution is 0.0699. The molecular weight excluding hydrogens is 236 g/mol. The van der Waals surface area contributed by atoms with Crippen molar-refractivity contribution in [1.29, 1.82) is 0 Å². The van der Waals surface area contributed by atoms with E-state index in [4.69, 9.17) is 4.74 Å². The van der Waals surface area contributed by atoms with Gasteiger partial charge in [-0.25, -0.2) is 0 Å². The summed E-state index contributed by atoms with van der Waals surface area (Å²) in [4.78, 5) is 2.67. The van der Waals surface area contributed by atoms with Crippen LogP contribution >= 0.6 is 0 Å². The van der Waals surface area contributed by atoms with Crippen LogP contribution < -0.4 is 5.32 Å². The van der Waals surface area contributed by atoms with Crippen molar-refractivity contribution >= 4 is 0 Å². The summed E-state index contributed by atoms with van der Waals surface area (Å²) in [5, 5.41) is 3.56. The summed E-state index contributed by atoms with van der Waals surface area (Å²) in [6.07, 6.45) is 5.39. The average molecular weight is 268 g/mol. The number of hydrogen-bond acceptors (Lipinski definition) is 3. The van der Waals surface area contributed by atoms with E-state index in [-0.39, 0.29) is 0 Å². The van der Waals surface area contributed by atoms with E-state index >= 15 is 0 Å². The first-order chi connectivity index (χ1) is 9.05. The normalized spacial score (nSPS) is 31.1. The highest BCUT2D eigenvalue weighted by atomic mass is 16.5. The van der Waals surface area contributed by atoms with Gasteiger partial charge in [0.1, 0.15) is 0 Å². The minimum absolute atomic E-state index is 0.481. The summed E-state index contributed by atoms with van der Waals surface area (Å²) in [5.74, 6) is 0.897. The Hall–Kier alpha value is -0.120. The number of rotatable bonds is 3. The lowest BCUT2D eigenvalue weighted by Gasteiger charge is -2.30. The predicted molar refractivity (Wildman–Crippen MR) is 80.5 cm³/mol. The molecule has 2 rings (SSSR count). The van der Waals surface area contributed by atoms with E-state index in [1.54, 1.807) is 0 Å². The van der Waals surface area contributed by atoms with Crippen molar-refractivity contribution in [2.75, 3.05) is 39.4 Å². The molecule has 0 aromatic carbocycles. The Morgan fingerprint density at radius 3 is 2.74 bits per heavy atom. The van der Waals surface area contributed by atoms with E-state index in [0.29, 0.717) is 11.5 Å². The molecule has 3 nitrogen and oxygen atoms in total. The van der Waals surface area contributed by atoms with Gasteiger partial charge in [0.05, 0.1) is 13.2 Å². The lowest BCUT2D eigenvalue weighted by Crippen LogP contribution is -2.43. The fraction of sp³-hybridized carbons (Fsp3) is 1.00. The van der Waals surface area contributed by atoms with Gasteiger partial charge < -0.3 is 15.0 Å². The monoisotopic (exact) mass is 268 g/mol. The Balaban J connectivity index is 1.70. The van der Waals surface area contributed by atoms with Crippen LogP contribution in [0.3, 0.4) is 0 Å². The Morgan fingerprint density at radius 1 is 1.21 bits per heavy atom. The van der Waals surface area contributed by atoms with Crippen molar-refractivity contribution in [2.24, 2.45) is 11.3 Å². The van der Waals surface area contributed by atoms with Gasteiger partial charge in [-0.05, 0) is 56.7 Å². The van der Waals surface area contributed by atoms with Gasteiger partial charge in [0.2, 0.25) is 0 Å². The third-order valence-corrected chi connectivity index (χ3v) is 4.84. The number of nitrogens with zero attached hydrogens (tertiary/aromatic N) is 1. The third-order valence-electron chi connectivity index (χ3n) is 4.84. The van der Waals surface area contributed by atoms with Crippen molar-refractivity contribution in [3.63, 3.8) is 0 Å². The van der Waals surface area contributed by atoms with Gasteiger partial charge in [0.15, 0.2) is 0 Å². The summed E-state index contributed by atoms with van der Waals surface area (Å²) in [6, 6.07) is 0.579. The van der Waals surface area contributed by atoms with E-state index in [1.165, 1.54) is 45.3 Å². The highest BCUT2D eigenvalue weighted by Gasteiger charge is 2.27. The molecule has 2 saturated heterocycles. The Morgan fingerprint density at radius 2 is 2.05 bits per heavy atom. The van der Waals surface area contributed by atoms with Crippen LogP contribution in [-0.2, 0) is 4.74 Å². The predicted octanol–water partition coefficient (Wildman–Crippen LogP) is 2.51. The van der Waals surface area contributed by atoms with Crippen LogP contribution in [-0.4, -0.2) is 50.3 Å². The molecule has 0 aromatic rings. The molecule has 1 N–H and O–H groups in total. The maximum atomic E-state index is 5.53. The zero-order valence-electron chi connectivity index (χ0n) is 13.1. The molecule has 0 amide bonds. The van der Waals surface area contributed by atoms with E-state index in [0.717, 1.165) is 25.7 Å². The summed E-state index contributed by atoms with van der Waals surface area (Å²) >= 11 is 0. The fourth-order valence-electron chi connectivity index (χ4n) is 3.39. The number of likely N-dealkylation sites (tertiary alicyclic amines) is 1. The second kappa shape index (κ2) is 7.05.